The minimum atomic E-state index is -0.952. The van der Waals surface area contributed by atoms with Gasteiger partial charge in [-0.1, -0.05) is 37.5 Å². The molecule has 1 fully saturated rings. The van der Waals surface area contributed by atoms with E-state index in [2.05, 4.69) is 10.6 Å². The van der Waals surface area contributed by atoms with Crippen LogP contribution in [0.3, 0.4) is 0 Å². The molecule has 1 atom stereocenters. The van der Waals surface area contributed by atoms with Crippen molar-refractivity contribution in [1.82, 2.24) is 0 Å². The monoisotopic (exact) mass is 411 g/mol. The number of rotatable bonds is 7. The third-order valence-corrected chi connectivity index (χ3v) is 5.11. The number of anilines is 2. The Balaban J connectivity index is 1.60. The molecule has 1 aliphatic rings. The first-order valence-corrected chi connectivity index (χ1v) is 10.1. The van der Waals surface area contributed by atoms with E-state index in [1.165, 1.54) is 31.5 Å². The zero-order chi connectivity index (χ0) is 21.5. The van der Waals surface area contributed by atoms with Crippen molar-refractivity contribution in [3.8, 4) is 5.75 Å². The van der Waals surface area contributed by atoms with E-state index in [1.807, 2.05) is 0 Å². The lowest BCUT2D eigenvalue weighted by atomic mass is 9.88. The summed E-state index contributed by atoms with van der Waals surface area (Å²) in [5.41, 5.74) is 0.902. The molecule has 3 rings (SSSR count). The number of carbonyl (C=O) groups is 2. The van der Waals surface area contributed by atoms with Crippen molar-refractivity contribution in [2.45, 2.75) is 45.1 Å². The van der Waals surface area contributed by atoms with E-state index in [1.54, 1.807) is 30.3 Å². The molecule has 0 saturated heterocycles. The topological polar surface area (TPSA) is 111 Å². The highest BCUT2D eigenvalue weighted by Crippen LogP contribution is 2.28. The van der Waals surface area contributed by atoms with Crippen molar-refractivity contribution < 1.29 is 19.2 Å². The Morgan fingerprint density at radius 3 is 2.40 bits per heavy atom. The zero-order valence-electron chi connectivity index (χ0n) is 16.8. The molecule has 2 N–H and O–H groups in total. The summed E-state index contributed by atoms with van der Waals surface area (Å²) >= 11 is 0. The lowest BCUT2D eigenvalue weighted by Crippen LogP contribution is -2.30. The first-order chi connectivity index (χ1) is 14.4. The predicted octanol–water partition coefficient (Wildman–Crippen LogP) is 4.52. The van der Waals surface area contributed by atoms with E-state index in [0.717, 1.165) is 25.7 Å². The van der Waals surface area contributed by atoms with Gasteiger partial charge in [0.2, 0.25) is 5.91 Å². The van der Waals surface area contributed by atoms with Crippen molar-refractivity contribution >= 4 is 28.9 Å². The summed E-state index contributed by atoms with van der Waals surface area (Å²) in [5, 5.41) is 16.7. The van der Waals surface area contributed by atoms with E-state index in [4.69, 9.17) is 4.74 Å². The number of para-hydroxylation sites is 2. The van der Waals surface area contributed by atoms with Crippen LogP contribution in [-0.2, 0) is 9.59 Å². The van der Waals surface area contributed by atoms with E-state index in [0.29, 0.717) is 11.4 Å². The van der Waals surface area contributed by atoms with Gasteiger partial charge in [0.15, 0.2) is 11.9 Å². The van der Waals surface area contributed by atoms with Gasteiger partial charge in [0.05, 0.1) is 4.92 Å². The number of nitro groups is 1. The highest BCUT2D eigenvalue weighted by atomic mass is 16.6. The summed E-state index contributed by atoms with van der Waals surface area (Å²) in [6.45, 7) is 1.51. The minimum Gasteiger partial charge on any atom is -0.474 e. The quantitative estimate of drug-likeness (QED) is 0.514. The van der Waals surface area contributed by atoms with Gasteiger partial charge in [-0.05, 0) is 44.0 Å². The molecule has 1 unspecified atom stereocenters. The van der Waals surface area contributed by atoms with E-state index >= 15 is 0 Å². The molecular weight excluding hydrogens is 386 g/mol. The van der Waals surface area contributed by atoms with Crippen molar-refractivity contribution in [3.63, 3.8) is 0 Å². The second-order valence-corrected chi connectivity index (χ2v) is 7.38. The number of amides is 2. The minimum absolute atomic E-state index is 0.00580. The van der Waals surface area contributed by atoms with Gasteiger partial charge in [-0.2, -0.15) is 0 Å². The summed E-state index contributed by atoms with van der Waals surface area (Å²) in [7, 11) is 0. The van der Waals surface area contributed by atoms with Gasteiger partial charge in [0.25, 0.3) is 5.91 Å². The van der Waals surface area contributed by atoms with Gasteiger partial charge in [-0.15, -0.1) is 0 Å². The molecular formula is C22H25N3O5. The number of nitrogens with zero attached hydrogens (tertiary/aromatic N) is 1. The summed E-state index contributed by atoms with van der Waals surface area (Å²) in [5.74, 6) is -0.388. The smallest absolute Gasteiger partial charge is 0.310 e. The Bertz CT molecular complexity index is 924. The summed E-state index contributed by atoms with van der Waals surface area (Å²) in [6.07, 6.45) is 4.19. The van der Waals surface area contributed by atoms with Crippen molar-refractivity contribution in [1.29, 1.82) is 0 Å². The average molecular weight is 411 g/mol. The SMILES string of the molecule is CC(Oc1ccccc1[N+](=O)[O-])C(=O)Nc1cccc(NC(=O)C2CCCCC2)c1. The summed E-state index contributed by atoms with van der Waals surface area (Å²) < 4.78 is 5.49. The zero-order valence-corrected chi connectivity index (χ0v) is 16.8. The number of hydrogen-bond acceptors (Lipinski definition) is 5. The van der Waals surface area contributed by atoms with Crippen molar-refractivity contribution in [2.75, 3.05) is 10.6 Å². The molecule has 0 aliphatic heterocycles. The summed E-state index contributed by atoms with van der Waals surface area (Å²) in [4.78, 5) is 35.4. The molecule has 158 valence electrons. The maximum atomic E-state index is 12.5. The molecule has 30 heavy (non-hydrogen) atoms. The Morgan fingerprint density at radius 2 is 1.70 bits per heavy atom. The number of nitrogens with one attached hydrogen (secondary N) is 2. The second kappa shape index (κ2) is 9.87. The molecule has 0 radical (unpaired) electrons. The third-order valence-electron chi connectivity index (χ3n) is 5.11. The fourth-order valence-electron chi connectivity index (χ4n) is 3.48. The molecule has 1 saturated carbocycles. The van der Waals surface area contributed by atoms with Crippen LogP contribution in [0, 0.1) is 16.0 Å². The maximum Gasteiger partial charge on any atom is 0.310 e. The number of ether oxygens (including phenoxy) is 1. The average Bonchev–Trinajstić information content (AvgIpc) is 2.74. The van der Waals surface area contributed by atoms with Gasteiger partial charge in [0, 0.05) is 23.4 Å². The lowest BCUT2D eigenvalue weighted by molar-refractivity contribution is -0.386. The van der Waals surface area contributed by atoms with Gasteiger partial charge in [0.1, 0.15) is 0 Å². The van der Waals surface area contributed by atoms with Crippen LogP contribution in [0.25, 0.3) is 0 Å². The van der Waals surface area contributed by atoms with Crippen LogP contribution in [0.5, 0.6) is 5.75 Å². The molecule has 8 heteroatoms. The van der Waals surface area contributed by atoms with E-state index in [9.17, 15) is 19.7 Å². The fourth-order valence-corrected chi connectivity index (χ4v) is 3.48. The third kappa shape index (κ3) is 5.56. The van der Waals surface area contributed by atoms with Crippen LogP contribution < -0.4 is 15.4 Å². The van der Waals surface area contributed by atoms with Crippen LogP contribution in [0.15, 0.2) is 48.5 Å². The Kier molecular flexibility index (Phi) is 7.00. The predicted molar refractivity (Wildman–Crippen MR) is 113 cm³/mol. The van der Waals surface area contributed by atoms with Crippen molar-refractivity contribution in [3.05, 3.63) is 58.6 Å². The van der Waals surface area contributed by atoms with E-state index < -0.39 is 16.9 Å². The standard InChI is InChI=1S/C22H25N3O5/c1-15(30-20-13-6-5-12-19(20)25(28)29)21(26)23-17-10-7-11-18(14-17)24-22(27)16-8-3-2-4-9-16/h5-7,10-16H,2-4,8-9H2,1H3,(H,23,26)(H,24,27). The molecule has 8 nitrogen and oxygen atoms in total. The Morgan fingerprint density at radius 1 is 1.03 bits per heavy atom. The first kappa shape index (κ1) is 21.3. The van der Waals surface area contributed by atoms with Crippen molar-refractivity contribution in [2.24, 2.45) is 5.92 Å². The maximum absolute atomic E-state index is 12.5. The van der Waals surface area contributed by atoms with Gasteiger partial charge in [-0.3, -0.25) is 19.7 Å². The molecule has 2 aromatic rings. The number of benzene rings is 2. The molecule has 0 spiro atoms. The van der Waals surface area contributed by atoms with Gasteiger partial charge >= 0.3 is 5.69 Å². The Hall–Kier alpha value is -3.42. The summed E-state index contributed by atoms with van der Waals surface area (Å²) in [6, 6.07) is 12.8. The highest BCUT2D eigenvalue weighted by Gasteiger charge is 2.22. The van der Waals surface area contributed by atoms with Crippen LogP contribution in [-0.4, -0.2) is 22.8 Å². The number of carbonyl (C=O) groups excluding carboxylic acids is 2. The Labute approximate surface area is 174 Å². The first-order valence-electron chi connectivity index (χ1n) is 10.1. The van der Waals surface area contributed by atoms with Crippen LogP contribution >= 0.6 is 0 Å². The van der Waals surface area contributed by atoms with Crippen LogP contribution in [0.4, 0.5) is 17.1 Å². The van der Waals surface area contributed by atoms with Crippen LogP contribution in [0.2, 0.25) is 0 Å². The molecule has 0 bridgehead atoms. The second-order valence-electron chi connectivity index (χ2n) is 7.38. The molecule has 2 aromatic carbocycles. The van der Waals surface area contributed by atoms with Gasteiger partial charge < -0.3 is 15.4 Å². The molecule has 1 aliphatic carbocycles. The molecule has 0 heterocycles. The number of nitro benzene ring substituents is 1. The highest BCUT2D eigenvalue weighted by molar-refractivity contribution is 5.96. The number of hydrogen-bond donors (Lipinski definition) is 2. The lowest BCUT2D eigenvalue weighted by Gasteiger charge is -2.21. The largest absolute Gasteiger partial charge is 0.474 e. The van der Waals surface area contributed by atoms with E-state index in [-0.39, 0.29) is 23.3 Å². The van der Waals surface area contributed by atoms with Crippen LogP contribution in [0.1, 0.15) is 39.0 Å². The normalized spacial score (nSPS) is 15.1. The van der Waals surface area contributed by atoms with Gasteiger partial charge in [-0.25, -0.2) is 0 Å². The molecule has 0 aromatic heterocycles. The fraction of sp³-hybridized carbons (Fsp3) is 0.364. The molecule has 2 amide bonds.